The fourth-order valence-electron chi connectivity index (χ4n) is 1.54. The van der Waals surface area contributed by atoms with Gasteiger partial charge >= 0.3 is 0 Å². The molecule has 3 heteroatoms. The van der Waals surface area contributed by atoms with Crippen molar-refractivity contribution < 1.29 is 4.42 Å². The molecule has 0 aliphatic rings. The summed E-state index contributed by atoms with van der Waals surface area (Å²) >= 11 is 1.97. The zero-order valence-corrected chi connectivity index (χ0v) is 10.9. The van der Waals surface area contributed by atoms with Gasteiger partial charge in [0.2, 0.25) is 0 Å². The lowest BCUT2D eigenvalue weighted by Crippen LogP contribution is -2.32. The van der Waals surface area contributed by atoms with E-state index in [1.165, 1.54) is 12.0 Å². The van der Waals surface area contributed by atoms with Crippen LogP contribution in [0.4, 0.5) is 0 Å². The van der Waals surface area contributed by atoms with Crippen molar-refractivity contribution in [3.8, 4) is 0 Å². The minimum atomic E-state index is 0.551. The monoisotopic (exact) mass is 227 g/mol. The Balaban J connectivity index is 2.44. The molecule has 0 aromatic carbocycles. The van der Waals surface area contributed by atoms with Crippen molar-refractivity contribution in [2.24, 2.45) is 0 Å². The third-order valence-electron chi connectivity index (χ3n) is 2.81. The smallest absolute Gasteiger partial charge is 0.116 e. The Hall–Kier alpha value is -0.410. The molecule has 15 heavy (non-hydrogen) atoms. The second-order valence-electron chi connectivity index (χ2n) is 3.86. The second kappa shape index (κ2) is 6.23. The normalized spacial score (nSPS) is 15.2. The predicted octanol–water partition coefficient (Wildman–Crippen LogP) is 3.21. The molecule has 0 spiro atoms. The molecule has 0 amide bonds. The summed E-state index contributed by atoms with van der Waals surface area (Å²) in [5.41, 5.74) is 1.26. The number of furan rings is 1. The van der Waals surface area contributed by atoms with Crippen LogP contribution in [0.15, 0.2) is 16.7 Å². The van der Waals surface area contributed by atoms with Crippen molar-refractivity contribution in [1.29, 1.82) is 0 Å². The van der Waals surface area contributed by atoms with Gasteiger partial charge in [-0.2, -0.15) is 0 Å². The van der Waals surface area contributed by atoms with Gasteiger partial charge < -0.3 is 9.73 Å². The molecule has 2 nitrogen and oxygen atoms in total. The molecule has 1 aromatic heterocycles. The lowest BCUT2D eigenvalue weighted by atomic mass is 10.2. The van der Waals surface area contributed by atoms with Crippen molar-refractivity contribution in [2.45, 2.75) is 44.2 Å². The fraction of sp³-hybridized carbons (Fsp3) is 0.667. The summed E-state index contributed by atoms with van der Waals surface area (Å²) in [6, 6.07) is 2.58. The highest BCUT2D eigenvalue weighted by atomic mass is 32.2. The summed E-state index contributed by atoms with van der Waals surface area (Å²) in [5.74, 6) is 2.09. The SMILES string of the molecule is CCC(SCc1occc1C)C(C)NC. The molecule has 1 aromatic rings. The van der Waals surface area contributed by atoms with E-state index in [9.17, 15) is 0 Å². The molecule has 0 bridgehead atoms. The molecule has 1 rings (SSSR count). The van der Waals surface area contributed by atoms with Crippen LogP contribution in [-0.2, 0) is 5.75 Å². The van der Waals surface area contributed by atoms with Crippen molar-refractivity contribution in [1.82, 2.24) is 5.32 Å². The quantitative estimate of drug-likeness (QED) is 0.808. The Morgan fingerprint density at radius 3 is 2.73 bits per heavy atom. The van der Waals surface area contributed by atoms with Crippen LogP contribution in [-0.4, -0.2) is 18.3 Å². The third-order valence-corrected chi connectivity index (χ3v) is 4.41. The summed E-state index contributed by atoms with van der Waals surface area (Å²) in [4.78, 5) is 0. The Morgan fingerprint density at radius 1 is 1.53 bits per heavy atom. The standard InChI is InChI=1S/C12H21NOS/c1-5-12(10(3)13-4)15-8-11-9(2)6-7-14-11/h6-7,10,12-13H,5,8H2,1-4H3. The minimum absolute atomic E-state index is 0.551. The highest BCUT2D eigenvalue weighted by Crippen LogP contribution is 2.24. The lowest BCUT2D eigenvalue weighted by Gasteiger charge is -2.21. The summed E-state index contributed by atoms with van der Waals surface area (Å²) in [6.45, 7) is 6.57. The summed E-state index contributed by atoms with van der Waals surface area (Å²) in [5, 5.41) is 3.96. The average Bonchev–Trinajstić information content (AvgIpc) is 2.65. The number of hydrogen-bond acceptors (Lipinski definition) is 3. The zero-order valence-electron chi connectivity index (χ0n) is 10.0. The van der Waals surface area contributed by atoms with E-state index < -0.39 is 0 Å². The van der Waals surface area contributed by atoms with Gasteiger partial charge in [0.05, 0.1) is 12.0 Å². The van der Waals surface area contributed by atoms with Crippen LogP contribution in [0.25, 0.3) is 0 Å². The zero-order chi connectivity index (χ0) is 11.3. The maximum absolute atomic E-state index is 5.43. The van der Waals surface area contributed by atoms with Gasteiger partial charge in [0.15, 0.2) is 0 Å². The molecule has 86 valence electrons. The van der Waals surface area contributed by atoms with E-state index in [4.69, 9.17) is 4.42 Å². The number of nitrogens with one attached hydrogen (secondary N) is 1. The van der Waals surface area contributed by atoms with Gasteiger partial charge in [0, 0.05) is 11.3 Å². The first kappa shape index (κ1) is 12.7. The van der Waals surface area contributed by atoms with Crippen LogP contribution in [0.2, 0.25) is 0 Å². The van der Waals surface area contributed by atoms with Crippen molar-refractivity contribution in [3.63, 3.8) is 0 Å². The minimum Gasteiger partial charge on any atom is -0.468 e. The molecule has 0 radical (unpaired) electrons. The van der Waals surface area contributed by atoms with E-state index in [2.05, 4.69) is 26.1 Å². The number of thioether (sulfide) groups is 1. The Morgan fingerprint density at radius 2 is 2.27 bits per heavy atom. The van der Waals surface area contributed by atoms with Crippen LogP contribution >= 0.6 is 11.8 Å². The fourth-order valence-corrected chi connectivity index (χ4v) is 2.86. The number of aryl methyl sites for hydroxylation is 1. The number of hydrogen-bond donors (Lipinski definition) is 1. The van der Waals surface area contributed by atoms with Crippen LogP contribution in [0, 0.1) is 6.92 Å². The van der Waals surface area contributed by atoms with Crippen LogP contribution < -0.4 is 5.32 Å². The maximum Gasteiger partial charge on any atom is 0.116 e. The first-order chi connectivity index (χ1) is 7.19. The Kier molecular flexibility index (Phi) is 5.26. The van der Waals surface area contributed by atoms with Crippen molar-refractivity contribution in [3.05, 3.63) is 23.7 Å². The molecule has 0 saturated carbocycles. The van der Waals surface area contributed by atoms with Gasteiger partial charge in [-0.3, -0.25) is 0 Å². The van der Waals surface area contributed by atoms with E-state index >= 15 is 0 Å². The highest BCUT2D eigenvalue weighted by Gasteiger charge is 2.15. The largest absolute Gasteiger partial charge is 0.468 e. The van der Waals surface area contributed by atoms with Crippen molar-refractivity contribution >= 4 is 11.8 Å². The molecule has 2 atom stereocenters. The summed E-state index contributed by atoms with van der Waals surface area (Å²) in [7, 11) is 2.02. The van der Waals surface area contributed by atoms with Gasteiger partial charge in [0.25, 0.3) is 0 Å². The van der Waals surface area contributed by atoms with Crippen molar-refractivity contribution in [2.75, 3.05) is 7.05 Å². The van der Waals surface area contributed by atoms with E-state index in [0.29, 0.717) is 11.3 Å². The maximum atomic E-state index is 5.43. The Labute approximate surface area is 96.8 Å². The molecule has 0 fully saturated rings. The van der Waals surface area contributed by atoms with Gasteiger partial charge in [-0.05, 0) is 38.9 Å². The third kappa shape index (κ3) is 3.58. The molecule has 2 unspecified atom stereocenters. The summed E-state index contributed by atoms with van der Waals surface area (Å²) < 4.78 is 5.43. The Bertz CT molecular complexity index is 285. The highest BCUT2D eigenvalue weighted by molar-refractivity contribution is 7.99. The first-order valence-corrected chi connectivity index (χ1v) is 6.55. The second-order valence-corrected chi connectivity index (χ2v) is 5.09. The topological polar surface area (TPSA) is 25.2 Å². The van der Waals surface area contributed by atoms with Gasteiger partial charge in [0.1, 0.15) is 5.76 Å². The molecular formula is C12H21NOS. The van der Waals surface area contributed by atoms with E-state index in [0.717, 1.165) is 11.5 Å². The van der Waals surface area contributed by atoms with Crippen LogP contribution in [0.1, 0.15) is 31.6 Å². The molecule has 1 N–H and O–H groups in total. The van der Waals surface area contributed by atoms with E-state index in [1.54, 1.807) is 6.26 Å². The molecule has 0 saturated heterocycles. The lowest BCUT2D eigenvalue weighted by molar-refractivity contribution is 0.525. The molecule has 0 aliphatic carbocycles. The van der Waals surface area contributed by atoms with Crippen LogP contribution in [0.5, 0.6) is 0 Å². The first-order valence-electron chi connectivity index (χ1n) is 5.50. The predicted molar refractivity (Wildman–Crippen MR) is 67.3 cm³/mol. The van der Waals surface area contributed by atoms with Gasteiger partial charge in [-0.25, -0.2) is 0 Å². The van der Waals surface area contributed by atoms with Gasteiger partial charge in [-0.1, -0.05) is 6.92 Å². The van der Waals surface area contributed by atoms with E-state index in [1.807, 2.05) is 24.9 Å². The molecule has 0 aliphatic heterocycles. The van der Waals surface area contributed by atoms with E-state index in [-0.39, 0.29) is 0 Å². The number of rotatable bonds is 6. The molecular weight excluding hydrogens is 206 g/mol. The van der Waals surface area contributed by atoms with Crippen LogP contribution in [0.3, 0.4) is 0 Å². The summed E-state index contributed by atoms with van der Waals surface area (Å²) in [6.07, 6.45) is 2.96. The molecule has 1 heterocycles. The van der Waals surface area contributed by atoms with Gasteiger partial charge in [-0.15, -0.1) is 11.8 Å². The average molecular weight is 227 g/mol.